The minimum atomic E-state index is -0.372. The molecular formula is C10H18NO3Y2-. The van der Waals surface area contributed by atoms with Gasteiger partial charge in [0.05, 0.1) is 6.10 Å². The van der Waals surface area contributed by atoms with Gasteiger partial charge in [0, 0.05) is 89.3 Å². The molecule has 0 amide bonds. The fourth-order valence-corrected chi connectivity index (χ4v) is 2.33. The van der Waals surface area contributed by atoms with E-state index in [0.717, 1.165) is 0 Å². The van der Waals surface area contributed by atoms with Crippen LogP contribution in [-0.2, 0) is 74.9 Å². The van der Waals surface area contributed by atoms with Crippen molar-refractivity contribution in [1.29, 1.82) is 0 Å². The van der Waals surface area contributed by atoms with Gasteiger partial charge < -0.3 is 14.7 Å². The zero-order valence-electron chi connectivity index (χ0n) is 10.4. The van der Waals surface area contributed by atoms with E-state index in [1.807, 2.05) is 27.7 Å². The van der Waals surface area contributed by atoms with E-state index in [1.54, 1.807) is 0 Å². The Balaban J connectivity index is 0. The van der Waals surface area contributed by atoms with E-state index in [4.69, 9.17) is 4.74 Å². The predicted octanol–water partition coefficient (Wildman–Crippen LogP) is 1.48. The summed E-state index contributed by atoms with van der Waals surface area (Å²) in [4.78, 5) is 10.2. The molecular weight excluding hydrogens is 360 g/mol. The molecule has 6 heteroatoms. The van der Waals surface area contributed by atoms with Crippen molar-refractivity contribution in [2.24, 2.45) is 0 Å². The van der Waals surface area contributed by atoms with Gasteiger partial charge in [0.2, 0.25) is 0 Å². The summed E-state index contributed by atoms with van der Waals surface area (Å²) in [7, 11) is 0. The molecule has 4 nitrogen and oxygen atoms in total. The molecule has 0 aliphatic carbocycles. The first kappa shape index (κ1) is 19.9. The van der Waals surface area contributed by atoms with E-state index < -0.39 is 0 Å². The van der Waals surface area contributed by atoms with Crippen molar-refractivity contribution in [3.63, 3.8) is 0 Å². The van der Waals surface area contributed by atoms with E-state index in [0.29, 0.717) is 12.8 Å². The van der Waals surface area contributed by atoms with Crippen LogP contribution in [0.2, 0.25) is 0 Å². The second-order valence-corrected chi connectivity index (χ2v) is 5.17. The molecule has 0 aromatic heterocycles. The van der Waals surface area contributed by atoms with E-state index in [-0.39, 0.29) is 82.6 Å². The van der Waals surface area contributed by atoms with Gasteiger partial charge in [-0.05, 0) is 27.7 Å². The maximum atomic E-state index is 10.2. The molecule has 1 rings (SSSR count). The third-order valence-electron chi connectivity index (χ3n) is 2.82. The van der Waals surface area contributed by atoms with Crippen LogP contribution in [0.1, 0.15) is 40.5 Å². The number of rotatable bonds is 2. The Morgan fingerprint density at radius 1 is 1.19 bits per heavy atom. The summed E-state index contributed by atoms with van der Waals surface area (Å²) < 4.78 is 4.86. The molecule has 1 aliphatic heterocycles. The Bertz CT molecular complexity index is 216. The minimum absolute atomic E-state index is 0. The van der Waals surface area contributed by atoms with Crippen molar-refractivity contribution in [2.45, 2.75) is 57.7 Å². The Kier molecular flexibility index (Phi) is 9.03. The first-order valence-electron chi connectivity index (χ1n) is 4.81. The van der Waals surface area contributed by atoms with Crippen molar-refractivity contribution >= 4 is 6.47 Å². The molecule has 2 radical (unpaired) electrons. The summed E-state index contributed by atoms with van der Waals surface area (Å²) in [6.45, 7) is 9.18. The summed E-state index contributed by atoms with van der Waals surface area (Å²) in [5.74, 6) is 0. The van der Waals surface area contributed by atoms with Crippen LogP contribution in [0.25, 0.3) is 0 Å². The molecule has 1 fully saturated rings. The van der Waals surface area contributed by atoms with Crippen molar-refractivity contribution in [3.8, 4) is 0 Å². The summed E-state index contributed by atoms with van der Waals surface area (Å²) in [5, 5.41) is 11.3. The van der Waals surface area contributed by atoms with E-state index in [9.17, 15) is 10.0 Å². The van der Waals surface area contributed by atoms with Gasteiger partial charge in [0.1, 0.15) is 0 Å². The smallest absolute Gasteiger partial charge is 0.0633 e. The molecule has 1 heterocycles. The second kappa shape index (κ2) is 7.25. The van der Waals surface area contributed by atoms with Crippen LogP contribution in [0.15, 0.2) is 0 Å². The van der Waals surface area contributed by atoms with Crippen LogP contribution >= 0.6 is 0 Å². The average Bonchev–Trinajstić information content (AvgIpc) is 1.99. The average molecular weight is 378 g/mol. The molecule has 0 bridgehead atoms. The third kappa shape index (κ3) is 4.70. The van der Waals surface area contributed by atoms with Crippen LogP contribution in [-0.4, -0.2) is 33.9 Å². The normalized spacial score (nSPS) is 23.8. The summed E-state index contributed by atoms with van der Waals surface area (Å²) in [6, 6.07) is 0. The van der Waals surface area contributed by atoms with Gasteiger partial charge in [-0.15, -0.1) is 0 Å². The van der Waals surface area contributed by atoms with Gasteiger partial charge in [0.25, 0.3) is 0 Å². The molecule has 16 heavy (non-hydrogen) atoms. The van der Waals surface area contributed by atoms with Crippen LogP contribution < -0.4 is 0 Å². The molecule has 0 aromatic rings. The van der Waals surface area contributed by atoms with Gasteiger partial charge >= 0.3 is 0 Å². The third-order valence-corrected chi connectivity index (χ3v) is 2.82. The zero-order chi connectivity index (χ0) is 11.0. The number of hydrogen-bond donors (Lipinski definition) is 1. The molecule has 0 saturated carbocycles. The second-order valence-electron chi connectivity index (χ2n) is 5.17. The fraction of sp³-hybridized carbons (Fsp3) is 0.900. The monoisotopic (exact) mass is 378 g/mol. The molecule has 1 saturated heterocycles. The standard InChI is InChI=1S/C10H18NO3.2Y/c1-9(2)5-8(14-7-12)6-10(3,4)11(9)13;;/h8,13H,5-6H2,1-4H3;;/q-1;;. The number of carbonyl (C=O) groups excluding carboxylic acids is 1. The van der Waals surface area contributed by atoms with E-state index in [2.05, 4.69) is 0 Å². The molecule has 0 spiro atoms. The van der Waals surface area contributed by atoms with Crippen molar-refractivity contribution in [1.82, 2.24) is 5.06 Å². The van der Waals surface area contributed by atoms with Gasteiger partial charge in [-0.1, -0.05) is 6.47 Å². The summed E-state index contributed by atoms with van der Waals surface area (Å²) in [5.41, 5.74) is -0.744. The van der Waals surface area contributed by atoms with Crippen molar-refractivity contribution in [3.05, 3.63) is 0 Å². The molecule has 1 N–H and O–H groups in total. The maximum absolute atomic E-state index is 10.2. The number of hydroxylamine groups is 2. The molecule has 0 unspecified atom stereocenters. The van der Waals surface area contributed by atoms with Crippen molar-refractivity contribution in [2.75, 3.05) is 0 Å². The largest absolute Gasteiger partial charge is 0.650 e. The molecule has 1 aliphatic rings. The van der Waals surface area contributed by atoms with Crippen LogP contribution in [0.4, 0.5) is 0 Å². The SMILES string of the molecule is CC1(C)CC(O[C-]=O)CC(C)(C)N1O.[Y].[Y]. The van der Waals surface area contributed by atoms with Crippen LogP contribution in [0, 0.1) is 0 Å². The Labute approximate surface area is 148 Å². The van der Waals surface area contributed by atoms with Crippen molar-refractivity contribution < 1.29 is 80.2 Å². The first-order valence-corrected chi connectivity index (χ1v) is 4.81. The minimum Gasteiger partial charge on any atom is -0.650 e. The summed E-state index contributed by atoms with van der Waals surface area (Å²) >= 11 is 0. The first-order chi connectivity index (χ1) is 6.29. The zero-order valence-corrected chi connectivity index (χ0v) is 16.0. The van der Waals surface area contributed by atoms with Gasteiger partial charge in [0.15, 0.2) is 0 Å². The van der Waals surface area contributed by atoms with E-state index >= 15 is 0 Å². The topological polar surface area (TPSA) is 49.8 Å². The Hall–Kier alpha value is 1.60. The van der Waals surface area contributed by atoms with Crippen LogP contribution in [0.3, 0.4) is 0 Å². The van der Waals surface area contributed by atoms with Gasteiger partial charge in [-0.2, -0.15) is 5.06 Å². The van der Waals surface area contributed by atoms with E-state index in [1.165, 1.54) is 11.5 Å². The quantitative estimate of drug-likeness (QED) is 0.740. The van der Waals surface area contributed by atoms with Gasteiger partial charge in [-0.25, -0.2) is 0 Å². The number of piperidine rings is 1. The number of ether oxygens (including phenoxy) is 1. The van der Waals surface area contributed by atoms with Crippen LogP contribution in [0.5, 0.6) is 0 Å². The Morgan fingerprint density at radius 3 is 1.88 bits per heavy atom. The molecule has 0 aromatic carbocycles. The number of nitrogens with zero attached hydrogens (tertiary/aromatic N) is 1. The molecule has 88 valence electrons. The maximum Gasteiger partial charge on any atom is 0.0633 e. The van der Waals surface area contributed by atoms with Gasteiger partial charge in [-0.3, -0.25) is 0 Å². The predicted molar refractivity (Wildman–Crippen MR) is 51.6 cm³/mol. The molecule has 0 atom stereocenters. The number of hydrogen-bond acceptors (Lipinski definition) is 4. The summed E-state index contributed by atoms with van der Waals surface area (Å²) in [6.07, 6.45) is 1.10. The Morgan fingerprint density at radius 2 is 1.56 bits per heavy atom. The fourth-order valence-electron chi connectivity index (χ4n) is 2.33.